The molecule has 0 bridgehead atoms. The fraction of sp³-hybridized carbons (Fsp3) is 0.333. The number of piperidine rings is 1. The molecule has 4 nitrogen and oxygen atoms in total. The number of likely N-dealkylation sites (tertiary alicyclic amines) is 1. The molecule has 1 aliphatic heterocycles. The minimum atomic E-state index is 0.640. The van der Waals surface area contributed by atoms with Crippen molar-refractivity contribution in [1.82, 2.24) is 14.9 Å². The Balaban J connectivity index is 1.58. The molecule has 0 radical (unpaired) electrons. The number of benzene rings is 2. The maximum absolute atomic E-state index is 6.09. The predicted octanol–water partition coefficient (Wildman–Crippen LogP) is 4.81. The summed E-state index contributed by atoms with van der Waals surface area (Å²) < 4.78 is 6.09. The molecule has 3 aromatic rings. The van der Waals surface area contributed by atoms with Gasteiger partial charge in [0, 0.05) is 17.1 Å². The largest absolute Gasteiger partial charge is 0.476 e. The number of rotatable bonds is 5. The Morgan fingerprint density at radius 3 is 2.50 bits per heavy atom. The van der Waals surface area contributed by atoms with Crippen LogP contribution in [0.15, 0.2) is 48.5 Å². The van der Waals surface area contributed by atoms with Crippen LogP contribution in [-0.2, 0) is 0 Å². The van der Waals surface area contributed by atoms with Crippen molar-refractivity contribution in [3.8, 4) is 17.3 Å². The number of aromatic nitrogens is 2. The van der Waals surface area contributed by atoms with Crippen LogP contribution in [0, 0.1) is 0 Å². The van der Waals surface area contributed by atoms with Gasteiger partial charge in [-0.05, 0) is 62.3 Å². The van der Waals surface area contributed by atoms with Crippen molar-refractivity contribution < 1.29 is 4.74 Å². The minimum Gasteiger partial charge on any atom is -0.476 e. The highest BCUT2D eigenvalue weighted by Crippen LogP contribution is 2.27. The van der Waals surface area contributed by atoms with Crippen molar-refractivity contribution in [2.24, 2.45) is 0 Å². The van der Waals surface area contributed by atoms with Gasteiger partial charge in [-0.25, -0.2) is 4.98 Å². The third-order valence-corrected chi connectivity index (χ3v) is 5.02. The molecule has 0 saturated carbocycles. The van der Waals surface area contributed by atoms with E-state index < -0.39 is 0 Å². The quantitative estimate of drug-likeness (QED) is 0.648. The zero-order valence-electron chi connectivity index (χ0n) is 14.7. The molecule has 26 heavy (non-hydrogen) atoms. The first-order valence-corrected chi connectivity index (χ1v) is 9.55. The van der Waals surface area contributed by atoms with Crippen LogP contribution < -0.4 is 4.74 Å². The molecule has 134 valence electrons. The van der Waals surface area contributed by atoms with E-state index in [1.54, 1.807) is 0 Å². The average Bonchev–Trinajstić information content (AvgIpc) is 2.69. The minimum absolute atomic E-state index is 0.640. The Morgan fingerprint density at radius 1 is 0.923 bits per heavy atom. The first-order valence-electron chi connectivity index (χ1n) is 9.17. The van der Waals surface area contributed by atoms with E-state index in [2.05, 4.69) is 14.9 Å². The number of halogens is 1. The lowest BCUT2D eigenvalue weighted by Gasteiger charge is -2.26. The molecule has 1 saturated heterocycles. The van der Waals surface area contributed by atoms with Crippen molar-refractivity contribution in [2.45, 2.75) is 19.3 Å². The number of hydrogen-bond donors (Lipinski definition) is 0. The summed E-state index contributed by atoms with van der Waals surface area (Å²) in [5.74, 6) is 1.31. The average molecular weight is 368 g/mol. The fourth-order valence-electron chi connectivity index (χ4n) is 3.34. The van der Waals surface area contributed by atoms with Crippen LogP contribution in [0.1, 0.15) is 19.3 Å². The Bertz CT molecular complexity index is 876. The lowest BCUT2D eigenvalue weighted by molar-refractivity contribution is 0.181. The number of hydrogen-bond acceptors (Lipinski definition) is 4. The molecular formula is C21H22ClN3O. The van der Waals surface area contributed by atoms with E-state index in [4.69, 9.17) is 16.3 Å². The topological polar surface area (TPSA) is 38.2 Å². The standard InChI is InChI=1S/C21H22ClN3O/c22-17-10-8-16(9-11-17)20-23-19-7-3-2-6-18(19)21(24-20)26-15-14-25-12-4-1-5-13-25/h2-3,6-11H,1,4-5,12-15H2. The van der Waals surface area contributed by atoms with Gasteiger partial charge in [0.05, 0.1) is 10.9 Å². The van der Waals surface area contributed by atoms with Gasteiger partial charge in [-0.15, -0.1) is 0 Å². The van der Waals surface area contributed by atoms with Gasteiger partial charge in [0.15, 0.2) is 5.82 Å². The molecule has 1 fully saturated rings. The van der Waals surface area contributed by atoms with Crippen molar-refractivity contribution in [1.29, 1.82) is 0 Å². The first kappa shape index (κ1) is 17.3. The number of ether oxygens (including phenoxy) is 1. The monoisotopic (exact) mass is 367 g/mol. The zero-order chi connectivity index (χ0) is 17.8. The van der Waals surface area contributed by atoms with E-state index in [-0.39, 0.29) is 0 Å². The summed E-state index contributed by atoms with van der Waals surface area (Å²) in [6, 6.07) is 15.6. The Morgan fingerprint density at radius 2 is 1.69 bits per heavy atom. The third-order valence-electron chi connectivity index (χ3n) is 4.77. The van der Waals surface area contributed by atoms with Gasteiger partial charge in [-0.3, -0.25) is 4.90 Å². The van der Waals surface area contributed by atoms with Gasteiger partial charge in [-0.2, -0.15) is 4.98 Å². The molecule has 0 atom stereocenters. The van der Waals surface area contributed by atoms with E-state index in [0.717, 1.165) is 23.0 Å². The molecule has 1 aromatic heterocycles. The van der Waals surface area contributed by atoms with Gasteiger partial charge in [0.25, 0.3) is 0 Å². The second kappa shape index (κ2) is 8.02. The van der Waals surface area contributed by atoms with Crippen LogP contribution in [0.3, 0.4) is 0 Å². The molecule has 0 aliphatic carbocycles. The summed E-state index contributed by atoms with van der Waals surface area (Å²) in [6.45, 7) is 3.92. The second-order valence-corrected chi connectivity index (χ2v) is 7.06. The summed E-state index contributed by atoms with van der Waals surface area (Å²) >= 11 is 6.00. The van der Waals surface area contributed by atoms with Crippen LogP contribution in [0.2, 0.25) is 5.02 Å². The van der Waals surface area contributed by atoms with E-state index in [0.29, 0.717) is 23.3 Å². The van der Waals surface area contributed by atoms with E-state index in [1.807, 2.05) is 48.5 Å². The van der Waals surface area contributed by atoms with Crippen LogP contribution in [0.4, 0.5) is 0 Å². The van der Waals surface area contributed by atoms with Gasteiger partial charge in [0.2, 0.25) is 5.88 Å². The smallest absolute Gasteiger partial charge is 0.225 e. The molecule has 0 N–H and O–H groups in total. The lowest BCUT2D eigenvalue weighted by atomic mass is 10.1. The van der Waals surface area contributed by atoms with Crippen molar-refractivity contribution >= 4 is 22.5 Å². The number of para-hydroxylation sites is 1. The van der Waals surface area contributed by atoms with Gasteiger partial charge >= 0.3 is 0 Å². The molecule has 5 heteroatoms. The lowest BCUT2D eigenvalue weighted by Crippen LogP contribution is -2.33. The van der Waals surface area contributed by atoms with Gasteiger partial charge in [-0.1, -0.05) is 30.2 Å². The van der Waals surface area contributed by atoms with Crippen LogP contribution >= 0.6 is 11.6 Å². The number of fused-ring (bicyclic) bond motifs is 1. The van der Waals surface area contributed by atoms with Crippen molar-refractivity contribution in [3.05, 3.63) is 53.6 Å². The molecule has 4 rings (SSSR count). The summed E-state index contributed by atoms with van der Waals surface area (Å²) in [5, 5.41) is 1.65. The van der Waals surface area contributed by atoms with E-state index >= 15 is 0 Å². The van der Waals surface area contributed by atoms with E-state index in [1.165, 1.54) is 32.4 Å². The Labute approximate surface area is 158 Å². The fourth-order valence-corrected chi connectivity index (χ4v) is 3.47. The first-order chi connectivity index (χ1) is 12.8. The molecule has 2 aromatic carbocycles. The predicted molar refractivity (Wildman–Crippen MR) is 106 cm³/mol. The van der Waals surface area contributed by atoms with Crippen LogP contribution in [0.5, 0.6) is 5.88 Å². The molecular weight excluding hydrogens is 346 g/mol. The maximum atomic E-state index is 6.09. The zero-order valence-corrected chi connectivity index (χ0v) is 15.5. The van der Waals surface area contributed by atoms with Crippen LogP contribution in [-0.4, -0.2) is 41.1 Å². The molecule has 1 aliphatic rings. The van der Waals surface area contributed by atoms with Gasteiger partial charge < -0.3 is 4.74 Å². The van der Waals surface area contributed by atoms with Crippen molar-refractivity contribution in [2.75, 3.05) is 26.2 Å². The normalized spacial score (nSPS) is 15.3. The molecule has 0 amide bonds. The number of nitrogens with zero attached hydrogens (tertiary/aromatic N) is 3. The van der Waals surface area contributed by atoms with E-state index in [9.17, 15) is 0 Å². The van der Waals surface area contributed by atoms with Gasteiger partial charge in [0.1, 0.15) is 6.61 Å². The highest BCUT2D eigenvalue weighted by atomic mass is 35.5. The summed E-state index contributed by atoms with van der Waals surface area (Å²) in [5.41, 5.74) is 1.82. The second-order valence-electron chi connectivity index (χ2n) is 6.63. The highest BCUT2D eigenvalue weighted by molar-refractivity contribution is 6.30. The maximum Gasteiger partial charge on any atom is 0.225 e. The highest BCUT2D eigenvalue weighted by Gasteiger charge is 2.13. The van der Waals surface area contributed by atoms with Crippen molar-refractivity contribution in [3.63, 3.8) is 0 Å². The Hall–Kier alpha value is -2.17. The summed E-state index contributed by atoms with van der Waals surface area (Å²) in [7, 11) is 0. The SMILES string of the molecule is Clc1ccc(-c2nc(OCCN3CCCCC3)c3ccccc3n2)cc1. The third kappa shape index (κ3) is 3.97. The Kier molecular flexibility index (Phi) is 5.32. The molecule has 2 heterocycles. The van der Waals surface area contributed by atoms with Crippen LogP contribution in [0.25, 0.3) is 22.3 Å². The molecule has 0 unspecified atom stereocenters. The molecule has 0 spiro atoms. The summed E-state index contributed by atoms with van der Waals surface area (Å²) in [4.78, 5) is 11.8. The summed E-state index contributed by atoms with van der Waals surface area (Å²) in [6.07, 6.45) is 3.92.